The number of aryl methyl sites for hydroxylation is 1. The van der Waals surface area contributed by atoms with Crippen molar-refractivity contribution in [1.29, 1.82) is 0 Å². The molecular weight excluding hydrogens is 694 g/mol. The van der Waals surface area contributed by atoms with Gasteiger partial charge in [-0.25, -0.2) is 4.98 Å². The van der Waals surface area contributed by atoms with Crippen LogP contribution in [0.1, 0.15) is 30.0 Å². The molecule has 1 atom stereocenters. The summed E-state index contributed by atoms with van der Waals surface area (Å²) >= 11 is 0. The molecule has 5 heterocycles. The maximum Gasteiger partial charge on any atom is 3.00 e. The van der Waals surface area contributed by atoms with Crippen molar-refractivity contribution in [1.82, 2.24) is 19.5 Å². The van der Waals surface area contributed by atoms with Gasteiger partial charge in [0.2, 0.25) is 0 Å². The topological polar surface area (TPSA) is 98.8 Å². The molecule has 7 aromatic rings. The van der Waals surface area contributed by atoms with Gasteiger partial charge in [-0.2, -0.15) is 0 Å². The zero-order valence-electron chi connectivity index (χ0n) is 27.5. The Morgan fingerprint density at radius 1 is 0.816 bits per heavy atom. The molecule has 8 nitrogen and oxygen atoms in total. The Balaban J connectivity index is 0.000000130. The summed E-state index contributed by atoms with van der Waals surface area (Å²) in [6.07, 6.45) is 11.5. The number of anilines is 1. The van der Waals surface area contributed by atoms with E-state index in [4.69, 9.17) is 16.0 Å². The average Bonchev–Trinajstić information content (AvgIpc) is 3.66. The van der Waals surface area contributed by atoms with Crippen LogP contribution in [0.5, 0.6) is 0 Å². The van der Waals surface area contributed by atoms with Crippen molar-refractivity contribution in [2.45, 2.75) is 13.1 Å². The number of hydrogen-bond acceptors (Lipinski definition) is 4. The van der Waals surface area contributed by atoms with E-state index in [1.54, 1.807) is 6.20 Å². The Labute approximate surface area is 299 Å². The van der Waals surface area contributed by atoms with Crippen molar-refractivity contribution < 1.29 is 19.5 Å². The molecule has 0 saturated heterocycles. The first-order valence-electron chi connectivity index (χ1n) is 15.9. The molecule has 0 fully saturated rings. The van der Waals surface area contributed by atoms with Gasteiger partial charge in [0, 0.05) is 38.3 Å². The van der Waals surface area contributed by atoms with Gasteiger partial charge in [0.1, 0.15) is 5.82 Å². The molecule has 3 aromatic heterocycles. The largest absolute Gasteiger partial charge is 3.00 e. The number of allylic oxidation sites excluding steroid dienone is 1. The van der Waals surface area contributed by atoms with E-state index < -0.39 is 0 Å². The normalized spacial score (nSPS) is 14.2. The molecule has 1 N–H and O–H groups in total. The third kappa shape index (κ3) is 6.63. The van der Waals surface area contributed by atoms with Gasteiger partial charge in [-0.15, -0.1) is 29.7 Å². The second-order valence-corrected chi connectivity index (χ2v) is 11.5. The summed E-state index contributed by atoms with van der Waals surface area (Å²) in [6, 6.07) is 32.4. The van der Waals surface area contributed by atoms with Crippen LogP contribution in [0.2, 0.25) is 0 Å². The van der Waals surface area contributed by atoms with Crippen LogP contribution in [0.3, 0.4) is 0 Å². The van der Waals surface area contributed by atoms with Crippen molar-refractivity contribution in [2.24, 2.45) is 7.05 Å². The predicted molar refractivity (Wildman–Crippen MR) is 200 cm³/mol. The number of rotatable bonds is 2. The fourth-order valence-corrected chi connectivity index (χ4v) is 6.10. The first kappa shape index (κ1) is 33.4. The fraction of sp³-hybridized carbons (Fsp3) is 0.125. The van der Waals surface area contributed by atoms with Crippen LogP contribution in [0.4, 0.5) is 22.7 Å². The molecular formula is C40H35N8Ru. The van der Waals surface area contributed by atoms with Gasteiger partial charge in [-0.3, -0.25) is 9.97 Å². The summed E-state index contributed by atoms with van der Waals surface area (Å²) in [5.41, 5.74) is 17.7. The summed E-state index contributed by atoms with van der Waals surface area (Å²) in [6.45, 7) is 2.71. The first-order chi connectivity index (χ1) is 23.5. The van der Waals surface area contributed by atoms with E-state index in [0.717, 1.165) is 67.8 Å². The number of hydrogen-bond donors (Lipinski definition) is 0. The zero-order chi connectivity index (χ0) is 33.0. The van der Waals surface area contributed by atoms with Gasteiger partial charge < -0.3 is 25.8 Å². The Morgan fingerprint density at radius 3 is 2.31 bits per heavy atom. The van der Waals surface area contributed by atoms with Crippen LogP contribution in [-0.2, 0) is 26.5 Å². The molecule has 2 aliphatic rings. The summed E-state index contributed by atoms with van der Waals surface area (Å²) in [5, 5.41) is 11.5. The molecule has 0 bridgehead atoms. The van der Waals surface area contributed by atoms with E-state index in [0.29, 0.717) is 5.69 Å². The van der Waals surface area contributed by atoms with E-state index in [1.165, 1.54) is 5.56 Å². The molecule has 9 rings (SSSR count). The van der Waals surface area contributed by atoms with Crippen LogP contribution in [0.25, 0.3) is 61.4 Å². The smallest absolute Gasteiger partial charge is 0.696 e. The van der Waals surface area contributed by atoms with Crippen LogP contribution in [-0.4, -0.2) is 33.1 Å². The maximum atomic E-state index is 7.93. The molecule has 0 amide bonds. The number of fused-ring (bicyclic) bond motifs is 6. The van der Waals surface area contributed by atoms with E-state index in [2.05, 4.69) is 87.4 Å². The average molecular weight is 729 g/mol. The minimum absolute atomic E-state index is 0. The molecule has 2 aliphatic heterocycles. The van der Waals surface area contributed by atoms with E-state index in [-0.39, 0.29) is 25.6 Å². The zero-order valence-corrected chi connectivity index (χ0v) is 29.2. The standard InChI is InChI=1S/C16H15N4.C12H9N2.C12H11N2.Ru/c1-19-13-9-5-3-7-11(13)17-15(19)16-18-12-8-4-6-10-14(12)20(16)2;1-3-9-5-6-10-4-2-8-14-12(10)11(9)13-7-1;1-2-4-9-6-7-10-5-3-8-14-12(10)11(9)13;/h3-10,15H,1-2H3;1-7H,8H2;2-8,13H,1H3;/q3*-1;+3/b;;4-2-;. The van der Waals surface area contributed by atoms with Crippen molar-refractivity contribution in [3.8, 4) is 0 Å². The van der Waals surface area contributed by atoms with E-state index in [9.17, 15) is 0 Å². The quantitative estimate of drug-likeness (QED) is 0.165. The van der Waals surface area contributed by atoms with Crippen LogP contribution in [0.15, 0.2) is 122 Å². The fourth-order valence-electron chi connectivity index (χ4n) is 6.10. The summed E-state index contributed by atoms with van der Waals surface area (Å²) < 4.78 is 2.13. The molecule has 243 valence electrons. The molecule has 49 heavy (non-hydrogen) atoms. The van der Waals surface area contributed by atoms with Gasteiger partial charge in [0.05, 0.1) is 22.1 Å². The number of para-hydroxylation sites is 4. The van der Waals surface area contributed by atoms with Crippen LogP contribution in [0, 0.1) is 0 Å². The molecule has 1 unspecified atom stereocenters. The van der Waals surface area contributed by atoms with Gasteiger partial charge in [-0.1, -0.05) is 85.0 Å². The minimum Gasteiger partial charge on any atom is -0.696 e. The number of nitrogens with one attached hydrogen (secondary N) is 1. The molecule has 0 aliphatic carbocycles. The number of imidazole rings is 1. The van der Waals surface area contributed by atoms with Gasteiger partial charge >= 0.3 is 19.5 Å². The second kappa shape index (κ2) is 14.7. The van der Waals surface area contributed by atoms with Crippen molar-refractivity contribution in [3.05, 3.63) is 155 Å². The third-order valence-corrected chi connectivity index (χ3v) is 8.53. The second-order valence-electron chi connectivity index (χ2n) is 11.5. The monoisotopic (exact) mass is 729 g/mol. The van der Waals surface area contributed by atoms with Crippen molar-refractivity contribution in [2.75, 3.05) is 18.5 Å². The Hall–Kier alpha value is -5.53. The molecule has 9 heteroatoms. The van der Waals surface area contributed by atoms with Gasteiger partial charge in [-0.05, 0) is 59.2 Å². The molecule has 0 saturated carbocycles. The predicted octanol–water partition coefficient (Wildman–Crippen LogP) is 10.9. The summed E-state index contributed by atoms with van der Waals surface area (Å²) in [7, 11) is 4.12. The summed E-state index contributed by atoms with van der Waals surface area (Å²) in [4.78, 5) is 15.5. The Kier molecular flexibility index (Phi) is 10.0. The van der Waals surface area contributed by atoms with Gasteiger partial charge in [0.25, 0.3) is 0 Å². The maximum absolute atomic E-state index is 7.93. The first-order valence-corrected chi connectivity index (χ1v) is 15.9. The molecule has 4 aromatic carbocycles. The number of pyridine rings is 2. The van der Waals surface area contributed by atoms with Crippen molar-refractivity contribution >= 4 is 67.7 Å². The summed E-state index contributed by atoms with van der Waals surface area (Å²) in [5.74, 6) is 0.977. The minimum atomic E-state index is -0.0511. The number of benzene rings is 4. The van der Waals surface area contributed by atoms with Crippen LogP contribution < -0.4 is 4.90 Å². The number of nitrogens with zero attached hydrogens (tertiary/aromatic N) is 7. The van der Waals surface area contributed by atoms with Gasteiger partial charge in [0.15, 0.2) is 0 Å². The van der Waals surface area contributed by atoms with E-state index in [1.807, 2.05) is 85.9 Å². The third-order valence-electron chi connectivity index (χ3n) is 8.53. The van der Waals surface area contributed by atoms with Crippen LogP contribution >= 0.6 is 0 Å². The molecule has 1 radical (unpaired) electrons. The van der Waals surface area contributed by atoms with Crippen molar-refractivity contribution in [3.63, 3.8) is 0 Å². The Bertz CT molecular complexity index is 2300. The SMILES string of the molecule is C/C=C\c1ccc2cccnc2c1[NH-].C1=Cc2ccc3cccnc3c2[N-]C1.CN1c2ccccc2[N-]C1c1nc2ccccc2n1C.[Ru+3]. The van der Waals surface area contributed by atoms with E-state index >= 15 is 0 Å². The number of aromatic nitrogens is 4. The molecule has 0 spiro atoms. The Morgan fingerprint density at radius 2 is 1.53 bits per heavy atom.